The van der Waals surface area contributed by atoms with Crippen molar-refractivity contribution < 1.29 is 9.84 Å². The summed E-state index contributed by atoms with van der Waals surface area (Å²) in [5.41, 5.74) is 7.41. The van der Waals surface area contributed by atoms with Crippen LogP contribution >= 0.6 is 0 Å². The summed E-state index contributed by atoms with van der Waals surface area (Å²) in [6, 6.07) is 5.64. The molecule has 0 aliphatic carbocycles. The van der Waals surface area contributed by atoms with E-state index in [0.29, 0.717) is 24.0 Å². The minimum atomic E-state index is 0.0349. The zero-order valence-corrected chi connectivity index (χ0v) is 11.4. The summed E-state index contributed by atoms with van der Waals surface area (Å²) in [6.45, 7) is 6.95. The molecule has 0 aliphatic heterocycles. The van der Waals surface area contributed by atoms with Gasteiger partial charge >= 0.3 is 0 Å². The molecule has 4 nitrogen and oxygen atoms in total. The van der Waals surface area contributed by atoms with Gasteiger partial charge in [0.15, 0.2) is 0 Å². The smallest absolute Gasteiger partial charge is 0.144 e. The zero-order chi connectivity index (χ0) is 13.5. The molecule has 102 valence electrons. The molecule has 0 bridgehead atoms. The number of nitrogen functional groups attached to an aromatic ring is 1. The molecule has 0 heterocycles. The molecule has 0 aliphatic rings. The Labute approximate surface area is 109 Å². The highest BCUT2D eigenvalue weighted by Crippen LogP contribution is 2.26. The SMILES string of the molecule is CCCOc1cc(NC(CO)C(C)C)ccc1N. The highest BCUT2D eigenvalue weighted by Gasteiger charge is 2.12. The number of nitrogens with one attached hydrogen (secondary N) is 1. The van der Waals surface area contributed by atoms with E-state index in [2.05, 4.69) is 26.1 Å². The molecule has 18 heavy (non-hydrogen) atoms. The maximum atomic E-state index is 9.30. The predicted molar refractivity (Wildman–Crippen MR) is 76.0 cm³/mol. The summed E-state index contributed by atoms with van der Waals surface area (Å²) in [5, 5.41) is 12.6. The van der Waals surface area contributed by atoms with Gasteiger partial charge in [-0.25, -0.2) is 0 Å². The number of hydrogen-bond acceptors (Lipinski definition) is 4. The largest absolute Gasteiger partial charge is 0.491 e. The van der Waals surface area contributed by atoms with Gasteiger partial charge in [0.25, 0.3) is 0 Å². The van der Waals surface area contributed by atoms with E-state index >= 15 is 0 Å². The van der Waals surface area contributed by atoms with Crippen LogP contribution in [0.5, 0.6) is 5.75 Å². The summed E-state index contributed by atoms with van der Waals surface area (Å²) >= 11 is 0. The third-order valence-electron chi connectivity index (χ3n) is 2.83. The lowest BCUT2D eigenvalue weighted by Crippen LogP contribution is -2.29. The lowest BCUT2D eigenvalue weighted by Gasteiger charge is -2.21. The fourth-order valence-electron chi connectivity index (χ4n) is 1.60. The van der Waals surface area contributed by atoms with E-state index in [1.54, 1.807) is 0 Å². The van der Waals surface area contributed by atoms with Crippen LogP contribution in [0.15, 0.2) is 18.2 Å². The summed E-state index contributed by atoms with van der Waals surface area (Å²) in [7, 11) is 0. The molecule has 1 rings (SSSR count). The minimum absolute atomic E-state index is 0.0349. The second kappa shape index (κ2) is 7.11. The van der Waals surface area contributed by atoms with Gasteiger partial charge in [0.05, 0.1) is 24.9 Å². The third kappa shape index (κ3) is 4.11. The Bertz CT molecular complexity index is 367. The van der Waals surface area contributed by atoms with Crippen molar-refractivity contribution in [2.24, 2.45) is 5.92 Å². The first-order chi connectivity index (χ1) is 8.58. The maximum absolute atomic E-state index is 9.30. The van der Waals surface area contributed by atoms with Crippen LogP contribution in [0.3, 0.4) is 0 Å². The van der Waals surface area contributed by atoms with Crippen molar-refractivity contribution in [1.29, 1.82) is 0 Å². The number of nitrogens with two attached hydrogens (primary N) is 1. The van der Waals surface area contributed by atoms with Crippen LogP contribution in [0.25, 0.3) is 0 Å². The fourth-order valence-corrected chi connectivity index (χ4v) is 1.60. The molecule has 4 N–H and O–H groups in total. The van der Waals surface area contributed by atoms with Gasteiger partial charge in [-0.05, 0) is 24.5 Å². The topological polar surface area (TPSA) is 67.5 Å². The molecule has 0 spiro atoms. The Morgan fingerprint density at radius 1 is 1.39 bits per heavy atom. The summed E-state index contributed by atoms with van der Waals surface area (Å²) in [6.07, 6.45) is 0.947. The number of aliphatic hydroxyl groups is 1. The third-order valence-corrected chi connectivity index (χ3v) is 2.83. The van der Waals surface area contributed by atoms with Gasteiger partial charge in [0.2, 0.25) is 0 Å². The van der Waals surface area contributed by atoms with Crippen molar-refractivity contribution in [3.05, 3.63) is 18.2 Å². The lowest BCUT2D eigenvalue weighted by atomic mass is 10.1. The number of rotatable bonds is 7. The van der Waals surface area contributed by atoms with E-state index in [1.165, 1.54) is 0 Å². The quantitative estimate of drug-likeness (QED) is 0.652. The number of ether oxygens (including phenoxy) is 1. The van der Waals surface area contributed by atoms with Gasteiger partial charge in [0.1, 0.15) is 5.75 Å². The van der Waals surface area contributed by atoms with Crippen molar-refractivity contribution in [2.45, 2.75) is 33.2 Å². The number of hydrogen-bond donors (Lipinski definition) is 3. The zero-order valence-electron chi connectivity index (χ0n) is 11.4. The number of benzene rings is 1. The molecule has 4 heteroatoms. The first kappa shape index (κ1) is 14.6. The molecule has 0 amide bonds. The normalized spacial score (nSPS) is 12.5. The molecule has 0 saturated carbocycles. The van der Waals surface area contributed by atoms with Crippen LogP contribution in [0.4, 0.5) is 11.4 Å². The number of anilines is 2. The summed E-state index contributed by atoms with van der Waals surface area (Å²) in [4.78, 5) is 0. The second-order valence-electron chi connectivity index (χ2n) is 4.78. The molecular formula is C14H24N2O2. The van der Waals surface area contributed by atoms with Gasteiger partial charge in [-0.15, -0.1) is 0 Å². The van der Waals surface area contributed by atoms with E-state index in [1.807, 2.05) is 18.2 Å². The minimum Gasteiger partial charge on any atom is -0.491 e. The lowest BCUT2D eigenvalue weighted by molar-refractivity contribution is 0.249. The van der Waals surface area contributed by atoms with Crippen molar-refractivity contribution in [1.82, 2.24) is 0 Å². The van der Waals surface area contributed by atoms with E-state index in [0.717, 1.165) is 12.1 Å². The monoisotopic (exact) mass is 252 g/mol. The molecule has 1 unspecified atom stereocenters. The van der Waals surface area contributed by atoms with Crippen LogP contribution < -0.4 is 15.8 Å². The second-order valence-corrected chi connectivity index (χ2v) is 4.78. The molecule has 0 saturated heterocycles. The van der Waals surface area contributed by atoms with Gasteiger partial charge < -0.3 is 20.9 Å². The predicted octanol–water partition coefficient (Wildman–Crippen LogP) is 2.49. The van der Waals surface area contributed by atoms with Gasteiger partial charge in [-0.2, -0.15) is 0 Å². The van der Waals surface area contributed by atoms with Crippen LogP contribution in [0.1, 0.15) is 27.2 Å². The van der Waals surface area contributed by atoms with Crippen LogP contribution in [-0.4, -0.2) is 24.4 Å². The van der Waals surface area contributed by atoms with Gasteiger partial charge in [-0.1, -0.05) is 20.8 Å². The standard InChI is InChI=1S/C14H24N2O2/c1-4-7-18-14-8-11(5-6-12(14)15)16-13(9-17)10(2)3/h5-6,8,10,13,16-17H,4,7,9,15H2,1-3H3. The van der Waals surface area contributed by atoms with Crippen LogP contribution in [0, 0.1) is 5.92 Å². The van der Waals surface area contributed by atoms with Crippen molar-refractivity contribution in [2.75, 3.05) is 24.3 Å². The molecule has 0 fully saturated rings. The Morgan fingerprint density at radius 2 is 2.11 bits per heavy atom. The molecule has 1 aromatic rings. The van der Waals surface area contributed by atoms with E-state index in [-0.39, 0.29) is 12.6 Å². The molecule has 0 radical (unpaired) electrons. The summed E-state index contributed by atoms with van der Waals surface area (Å²) in [5.74, 6) is 1.05. The Kier molecular flexibility index (Phi) is 5.78. The average Bonchev–Trinajstić information content (AvgIpc) is 2.35. The molecular weight excluding hydrogens is 228 g/mol. The Balaban J connectivity index is 2.77. The number of aliphatic hydroxyl groups excluding tert-OH is 1. The average molecular weight is 252 g/mol. The molecule has 0 aromatic heterocycles. The van der Waals surface area contributed by atoms with E-state index in [9.17, 15) is 5.11 Å². The first-order valence-electron chi connectivity index (χ1n) is 6.48. The van der Waals surface area contributed by atoms with Crippen molar-refractivity contribution in [3.8, 4) is 5.75 Å². The Morgan fingerprint density at radius 3 is 2.67 bits per heavy atom. The first-order valence-corrected chi connectivity index (χ1v) is 6.48. The highest BCUT2D eigenvalue weighted by atomic mass is 16.5. The van der Waals surface area contributed by atoms with Crippen molar-refractivity contribution in [3.63, 3.8) is 0 Å². The van der Waals surface area contributed by atoms with Crippen molar-refractivity contribution >= 4 is 11.4 Å². The van der Waals surface area contributed by atoms with E-state index < -0.39 is 0 Å². The fraction of sp³-hybridized carbons (Fsp3) is 0.571. The summed E-state index contributed by atoms with van der Waals surface area (Å²) < 4.78 is 5.57. The van der Waals surface area contributed by atoms with Gasteiger partial charge in [0, 0.05) is 11.8 Å². The Hall–Kier alpha value is -1.42. The van der Waals surface area contributed by atoms with E-state index in [4.69, 9.17) is 10.5 Å². The van der Waals surface area contributed by atoms with Crippen LogP contribution in [-0.2, 0) is 0 Å². The maximum Gasteiger partial charge on any atom is 0.144 e. The van der Waals surface area contributed by atoms with Gasteiger partial charge in [-0.3, -0.25) is 0 Å². The molecule has 1 atom stereocenters. The molecule has 1 aromatic carbocycles. The van der Waals surface area contributed by atoms with Crippen LogP contribution in [0.2, 0.25) is 0 Å². The highest BCUT2D eigenvalue weighted by molar-refractivity contribution is 5.61.